The molecule has 0 heterocycles. The highest BCUT2D eigenvalue weighted by atomic mass is 19.4. The smallest absolute Gasteiger partial charge is 0.416 e. The van der Waals surface area contributed by atoms with Crippen molar-refractivity contribution in [3.8, 4) is 5.75 Å². The number of nitrogens with one attached hydrogen (secondary N) is 1. The lowest BCUT2D eigenvalue weighted by Gasteiger charge is -2.17. The van der Waals surface area contributed by atoms with Gasteiger partial charge in [0.25, 0.3) is 0 Å². The molecule has 0 saturated heterocycles. The second kappa shape index (κ2) is 8.18. The number of halogens is 4. The fourth-order valence-electron chi connectivity index (χ4n) is 2.39. The number of nitrogens with zero attached hydrogens (tertiary/aromatic N) is 1. The van der Waals surface area contributed by atoms with Gasteiger partial charge in [0, 0.05) is 12.2 Å². The van der Waals surface area contributed by atoms with E-state index in [-0.39, 0.29) is 24.5 Å². The van der Waals surface area contributed by atoms with Crippen molar-refractivity contribution in [3.63, 3.8) is 0 Å². The molecular weight excluding hydrogens is 352 g/mol. The molecule has 4 nitrogen and oxygen atoms in total. The third-order valence-corrected chi connectivity index (χ3v) is 3.56. The fraction of sp³-hybridized carbons (Fsp3) is 0.278. The van der Waals surface area contributed by atoms with Crippen LogP contribution in [0.1, 0.15) is 11.1 Å². The standard InChI is InChI=1S/C18H18F4N2O2/c1-24(10-12-6-7-16(26-2)15(19)8-12)11-17(25)23-14-5-3-4-13(9-14)18(20,21)22/h3-9H,10-11H2,1-2H3,(H,23,25). The maximum absolute atomic E-state index is 13.7. The average Bonchev–Trinajstić information content (AvgIpc) is 2.54. The quantitative estimate of drug-likeness (QED) is 0.784. The van der Waals surface area contributed by atoms with Crippen LogP contribution >= 0.6 is 0 Å². The van der Waals surface area contributed by atoms with Crippen molar-refractivity contribution in [1.82, 2.24) is 4.90 Å². The highest BCUT2D eigenvalue weighted by Crippen LogP contribution is 2.30. The topological polar surface area (TPSA) is 41.6 Å². The van der Waals surface area contributed by atoms with Crippen LogP contribution in [0.25, 0.3) is 0 Å². The summed E-state index contributed by atoms with van der Waals surface area (Å²) in [4.78, 5) is 13.6. The zero-order chi connectivity index (χ0) is 19.3. The zero-order valence-corrected chi connectivity index (χ0v) is 14.2. The molecule has 0 unspecified atom stereocenters. The van der Waals surface area contributed by atoms with Crippen molar-refractivity contribution in [2.45, 2.75) is 12.7 Å². The van der Waals surface area contributed by atoms with Crippen LogP contribution in [-0.4, -0.2) is 31.5 Å². The molecule has 8 heteroatoms. The van der Waals surface area contributed by atoms with Crippen molar-refractivity contribution < 1.29 is 27.1 Å². The first-order chi connectivity index (χ1) is 12.2. The minimum absolute atomic E-state index is 0.0636. The number of hydrogen-bond acceptors (Lipinski definition) is 3. The Kier molecular flexibility index (Phi) is 6.20. The summed E-state index contributed by atoms with van der Waals surface area (Å²) in [6.07, 6.45) is -4.48. The minimum Gasteiger partial charge on any atom is -0.494 e. The number of methoxy groups -OCH3 is 1. The number of anilines is 1. The third-order valence-electron chi connectivity index (χ3n) is 3.56. The first-order valence-corrected chi connectivity index (χ1v) is 7.67. The van der Waals surface area contributed by atoms with Gasteiger partial charge < -0.3 is 10.1 Å². The summed E-state index contributed by atoms with van der Waals surface area (Å²) < 4.78 is 56.6. The van der Waals surface area contributed by atoms with Crippen molar-refractivity contribution in [3.05, 3.63) is 59.4 Å². The molecule has 2 aromatic carbocycles. The molecule has 0 aromatic heterocycles. The molecule has 0 radical (unpaired) electrons. The number of hydrogen-bond donors (Lipinski definition) is 1. The Morgan fingerprint density at radius 3 is 2.54 bits per heavy atom. The summed E-state index contributed by atoms with van der Waals surface area (Å²) in [5, 5.41) is 2.43. The van der Waals surface area contributed by atoms with Crippen LogP contribution in [0.4, 0.5) is 23.2 Å². The molecule has 0 aliphatic heterocycles. The van der Waals surface area contributed by atoms with Crippen LogP contribution < -0.4 is 10.1 Å². The monoisotopic (exact) mass is 370 g/mol. The van der Waals surface area contributed by atoms with Gasteiger partial charge in [-0.2, -0.15) is 13.2 Å². The molecule has 1 N–H and O–H groups in total. The lowest BCUT2D eigenvalue weighted by molar-refractivity contribution is -0.137. The maximum Gasteiger partial charge on any atom is 0.416 e. The summed E-state index contributed by atoms with van der Waals surface area (Å²) in [6, 6.07) is 8.87. The molecule has 0 aliphatic rings. The van der Waals surface area contributed by atoms with Gasteiger partial charge >= 0.3 is 6.18 Å². The second-order valence-electron chi connectivity index (χ2n) is 5.77. The SMILES string of the molecule is COc1ccc(CN(C)CC(=O)Nc2cccc(C(F)(F)F)c2)cc1F. The third kappa shape index (κ3) is 5.45. The second-order valence-corrected chi connectivity index (χ2v) is 5.77. The predicted octanol–water partition coefficient (Wildman–Crippen LogP) is 3.92. The number of alkyl halides is 3. The Morgan fingerprint density at radius 1 is 1.19 bits per heavy atom. The van der Waals surface area contributed by atoms with E-state index in [1.807, 2.05) is 0 Å². The van der Waals surface area contributed by atoms with Crippen LogP contribution in [0.2, 0.25) is 0 Å². The number of rotatable bonds is 6. The van der Waals surface area contributed by atoms with E-state index >= 15 is 0 Å². The molecule has 1 amide bonds. The van der Waals surface area contributed by atoms with Crippen molar-refractivity contribution in [2.24, 2.45) is 0 Å². The predicted molar refractivity (Wildman–Crippen MR) is 89.4 cm³/mol. The molecule has 0 bridgehead atoms. The van der Waals surface area contributed by atoms with Gasteiger partial charge in [-0.15, -0.1) is 0 Å². The first-order valence-electron chi connectivity index (χ1n) is 7.67. The average molecular weight is 370 g/mol. The van der Waals surface area contributed by atoms with Crippen LogP contribution in [0.15, 0.2) is 42.5 Å². The molecule has 0 saturated carbocycles. The van der Waals surface area contributed by atoms with Gasteiger partial charge in [-0.05, 0) is 42.9 Å². The number of amides is 1. The Morgan fingerprint density at radius 2 is 1.92 bits per heavy atom. The fourth-order valence-corrected chi connectivity index (χ4v) is 2.39. The largest absolute Gasteiger partial charge is 0.494 e. The van der Waals surface area contributed by atoms with Gasteiger partial charge in [0.2, 0.25) is 5.91 Å². The van der Waals surface area contributed by atoms with E-state index in [1.165, 1.54) is 31.4 Å². The summed E-state index contributed by atoms with van der Waals surface area (Å²) in [6.45, 7) is 0.223. The van der Waals surface area contributed by atoms with E-state index in [9.17, 15) is 22.4 Å². The highest BCUT2D eigenvalue weighted by Gasteiger charge is 2.30. The number of carbonyl (C=O) groups is 1. The summed E-state index contributed by atoms with van der Waals surface area (Å²) in [5.41, 5.74) is -0.135. The maximum atomic E-state index is 13.7. The van der Waals surface area contributed by atoms with Crippen LogP contribution in [0.3, 0.4) is 0 Å². The highest BCUT2D eigenvalue weighted by molar-refractivity contribution is 5.92. The molecule has 2 aromatic rings. The van der Waals surface area contributed by atoms with Crippen LogP contribution in [0, 0.1) is 5.82 Å². The minimum atomic E-state index is -4.48. The Hall–Kier alpha value is -2.61. The molecule has 0 spiro atoms. The van der Waals surface area contributed by atoms with E-state index in [2.05, 4.69) is 5.32 Å². The molecule has 26 heavy (non-hydrogen) atoms. The van der Waals surface area contributed by atoms with Crippen LogP contribution in [-0.2, 0) is 17.5 Å². The van der Waals surface area contributed by atoms with Crippen molar-refractivity contribution in [1.29, 1.82) is 0 Å². The van der Waals surface area contributed by atoms with Crippen LogP contribution in [0.5, 0.6) is 5.75 Å². The van der Waals surface area contributed by atoms with Gasteiger partial charge in [-0.3, -0.25) is 9.69 Å². The Balaban J connectivity index is 1.94. The molecule has 0 atom stereocenters. The molecular formula is C18H18F4N2O2. The number of likely N-dealkylation sites (N-methyl/N-ethyl adjacent to an activating group) is 1. The number of benzene rings is 2. The number of ether oxygens (including phenoxy) is 1. The first kappa shape index (κ1) is 19.7. The van der Waals surface area contributed by atoms with Crippen molar-refractivity contribution in [2.75, 3.05) is 26.0 Å². The number of carbonyl (C=O) groups excluding carboxylic acids is 1. The molecule has 2 rings (SSSR count). The van der Waals surface area contributed by atoms with Gasteiger partial charge in [0.15, 0.2) is 11.6 Å². The van der Waals surface area contributed by atoms with E-state index < -0.39 is 23.5 Å². The van der Waals surface area contributed by atoms with Gasteiger partial charge in [-0.1, -0.05) is 12.1 Å². The van der Waals surface area contributed by atoms with Gasteiger partial charge in [0.05, 0.1) is 19.2 Å². The Bertz CT molecular complexity index is 778. The van der Waals surface area contributed by atoms with E-state index in [4.69, 9.17) is 4.74 Å². The summed E-state index contributed by atoms with van der Waals surface area (Å²) in [7, 11) is 3.01. The van der Waals surface area contributed by atoms with E-state index in [1.54, 1.807) is 18.0 Å². The van der Waals surface area contributed by atoms with Crippen molar-refractivity contribution >= 4 is 11.6 Å². The lowest BCUT2D eigenvalue weighted by atomic mass is 10.2. The Labute approximate surface area is 148 Å². The van der Waals surface area contributed by atoms with E-state index in [0.29, 0.717) is 5.56 Å². The van der Waals surface area contributed by atoms with Gasteiger partial charge in [0.1, 0.15) is 0 Å². The summed E-state index contributed by atoms with van der Waals surface area (Å²) >= 11 is 0. The lowest BCUT2D eigenvalue weighted by Crippen LogP contribution is -2.30. The molecule has 0 fully saturated rings. The normalized spacial score (nSPS) is 11.5. The van der Waals surface area contributed by atoms with Gasteiger partial charge in [-0.25, -0.2) is 4.39 Å². The zero-order valence-electron chi connectivity index (χ0n) is 14.2. The molecule has 0 aliphatic carbocycles. The summed E-state index contributed by atoms with van der Waals surface area (Å²) in [5.74, 6) is -0.855. The molecule has 140 valence electrons. The van der Waals surface area contributed by atoms with E-state index in [0.717, 1.165) is 12.1 Å².